The summed E-state index contributed by atoms with van der Waals surface area (Å²) in [6.45, 7) is 2.73. The summed E-state index contributed by atoms with van der Waals surface area (Å²) in [6.07, 6.45) is 4.83. The molecule has 0 radical (unpaired) electrons. The zero-order valence-electron chi connectivity index (χ0n) is 14.8. The van der Waals surface area contributed by atoms with Crippen molar-refractivity contribution in [3.63, 3.8) is 0 Å². The van der Waals surface area contributed by atoms with Gasteiger partial charge in [-0.3, -0.25) is 4.90 Å². The molecule has 0 aliphatic carbocycles. The summed E-state index contributed by atoms with van der Waals surface area (Å²) >= 11 is 0. The van der Waals surface area contributed by atoms with Crippen LogP contribution in [0.25, 0.3) is 0 Å². The van der Waals surface area contributed by atoms with E-state index in [-0.39, 0.29) is 5.82 Å². The molecule has 0 amide bonds. The number of aliphatic hydroxyl groups is 1. The van der Waals surface area contributed by atoms with E-state index in [0.717, 1.165) is 24.9 Å². The van der Waals surface area contributed by atoms with Crippen molar-refractivity contribution in [2.24, 2.45) is 0 Å². The van der Waals surface area contributed by atoms with Crippen LogP contribution < -0.4 is 0 Å². The molecule has 3 heteroatoms. The van der Waals surface area contributed by atoms with Crippen LogP contribution in [0.5, 0.6) is 0 Å². The van der Waals surface area contributed by atoms with Crippen molar-refractivity contribution in [2.75, 3.05) is 0 Å². The number of piperidine rings is 2. The molecule has 2 aromatic carbocycles. The number of fused-ring (bicyclic) bond motifs is 2. The van der Waals surface area contributed by atoms with Gasteiger partial charge in [0.15, 0.2) is 0 Å². The molecule has 2 nitrogen and oxygen atoms in total. The summed E-state index contributed by atoms with van der Waals surface area (Å²) in [7, 11) is 0. The maximum Gasteiger partial charge on any atom is 0.126 e. The monoisotopic (exact) mass is 339 g/mol. The normalized spacial score (nSPS) is 29.6. The molecule has 2 bridgehead atoms. The van der Waals surface area contributed by atoms with Crippen molar-refractivity contribution in [1.29, 1.82) is 0 Å². The number of hydrogen-bond acceptors (Lipinski definition) is 2. The lowest BCUT2D eigenvalue weighted by Crippen LogP contribution is -2.56. The fourth-order valence-corrected chi connectivity index (χ4v) is 4.90. The predicted molar refractivity (Wildman–Crippen MR) is 97.7 cm³/mol. The Morgan fingerprint density at radius 1 is 1.04 bits per heavy atom. The Morgan fingerprint density at radius 2 is 1.72 bits per heavy atom. The smallest absolute Gasteiger partial charge is 0.126 e. The Hall–Kier alpha value is -1.71. The third kappa shape index (κ3) is 3.11. The van der Waals surface area contributed by atoms with E-state index in [1.165, 1.54) is 18.1 Å². The van der Waals surface area contributed by atoms with Crippen LogP contribution in [-0.4, -0.2) is 22.1 Å². The minimum absolute atomic E-state index is 0.220. The number of rotatable bonds is 3. The first-order valence-corrected chi connectivity index (χ1v) is 9.34. The van der Waals surface area contributed by atoms with Crippen molar-refractivity contribution >= 4 is 0 Å². The summed E-state index contributed by atoms with van der Waals surface area (Å²) in [4.78, 5) is 2.57. The van der Waals surface area contributed by atoms with Gasteiger partial charge in [0.2, 0.25) is 0 Å². The van der Waals surface area contributed by atoms with Crippen LogP contribution in [-0.2, 0) is 12.1 Å². The number of nitrogens with zero attached hydrogens (tertiary/aromatic N) is 1. The molecule has 25 heavy (non-hydrogen) atoms. The van der Waals surface area contributed by atoms with Gasteiger partial charge in [0.1, 0.15) is 5.82 Å². The number of benzene rings is 2. The molecule has 2 heterocycles. The van der Waals surface area contributed by atoms with Crippen molar-refractivity contribution in [1.82, 2.24) is 4.90 Å². The van der Waals surface area contributed by atoms with E-state index < -0.39 is 5.60 Å². The highest BCUT2D eigenvalue weighted by Crippen LogP contribution is 2.45. The first-order chi connectivity index (χ1) is 12.1. The summed E-state index contributed by atoms with van der Waals surface area (Å²) in [6, 6.07) is 16.4. The van der Waals surface area contributed by atoms with Crippen LogP contribution in [0.2, 0.25) is 0 Å². The lowest BCUT2D eigenvalue weighted by atomic mass is 9.71. The molecule has 4 rings (SSSR count). The van der Waals surface area contributed by atoms with E-state index in [9.17, 15) is 9.50 Å². The Morgan fingerprint density at radius 3 is 2.40 bits per heavy atom. The molecule has 0 spiro atoms. The first kappa shape index (κ1) is 16.7. The number of halogens is 1. The molecule has 2 aliphatic heterocycles. The molecule has 0 aromatic heterocycles. The third-order valence-corrected chi connectivity index (χ3v) is 6.14. The van der Waals surface area contributed by atoms with Crippen molar-refractivity contribution in [3.05, 3.63) is 71.0 Å². The average molecular weight is 339 g/mol. The Labute approximate surface area is 149 Å². The molecule has 2 aromatic rings. The largest absolute Gasteiger partial charge is 0.385 e. The van der Waals surface area contributed by atoms with Crippen LogP contribution in [0.4, 0.5) is 4.39 Å². The topological polar surface area (TPSA) is 23.5 Å². The first-order valence-electron chi connectivity index (χ1n) is 9.34. The fourth-order valence-electron chi connectivity index (χ4n) is 4.90. The van der Waals surface area contributed by atoms with Crippen molar-refractivity contribution in [3.8, 4) is 0 Å². The molecular formula is C22H26FNO. The maximum atomic E-state index is 14.0. The van der Waals surface area contributed by atoms with Gasteiger partial charge in [-0.25, -0.2) is 4.39 Å². The molecular weight excluding hydrogens is 313 g/mol. The average Bonchev–Trinajstić information content (AvgIpc) is 2.59. The van der Waals surface area contributed by atoms with Gasteiger partial charge < -0.3 is 5.11 Å². The quantitative estimate of drug-likeness (QED) is 0.887. The predicted octanol–water partition coefficient (Wildman–Crippen LogP) is 4.54. The van der Waals surface area contributed by atoms with E-state index in [4.69, 9.17) is 0 Å². The second-order valence-corrected chi connectivity index (χ2v) is 7.75. The van der Waals surface area contributed by atoms with Gasteiger partial charge in [0, 0.05) is 18.6 Å². The Balaban J connectivity index is 1.61. The van der Waals surface area contributed by atoms with Gasteiger partial charge in [0.25, 0.3) is 0 Å². The minimum atomic E-state index is -0.908. The molecule has 1 N–H and O–H groups in total. The zero-order chi connectivity index (χ0) is 17.4. The standard InChI is InChI=1S/C22H26FNO/c1-16-20(11-6-12-21(16)23)22(25)13-18-9-5-10-19(14-22)24(18)15-17-7-3-2-4-8-17/h2-4,6-8,11-12,18-19,25H,5,9-10,13-15H2,1H3. The fraction of sp³-hybridized carbons (Fsp3) is 0.455. The third-order valence-electron chi connectivity index (χ3n) is 6.14. The summed E-state index contributed by atoms with van der Waals surface area (Å²) in [5, 5.41) is 11.4. The van der Waals surface area contributed by atoms with Gasteiger partial charge >= 0.3 is 0 Å². The highest BCUT2D eigenvalue weighted by atomic mass is 19.1. The molecule has 132 valence electrons. The van der Waals surface area contributed by atoms with Gasteiger partial charge in [-0.15, -0.1) is 0 Å². The number of hydrogen-bond donors (Lipinski definition) is 1. The molecule has 0 saturated carbocycles. The molecule has 2 unspecified atom stereocenters. The highest BCUT2D eigenvalue weighted by Gasteiger charge is 2.46. The van der Waals surface area contributed by atoms with Crippen LogP contribution in [0.15, 0.2) is 48.5 Å². The van der Waals surface area contributed by atoms with E-state index in [2.05, 4.69) is 29.2 Å². The van der Waals surface area contributed by atoms with Gasteiger partial charge in [-0.1, -0.05) is 48.9 Å². The molecule has 2 saturated heterocycles. The summed E-state index contributed by atoms with van der Waals surface area (Å²) in [5.74, 6) is -0.220. The van der Waals surface area contributed by atoms with Crippen LogP contribution in [0.3, 0.4) is 0 Å². The van der Waals surface area contributed by atoms with E-state index >= 15 is 0 Å². The zero-order valence-corrected chi connectivity index (χ0v) is 14.8. The highest BCUT2D eigenvalue weighted by molar-refractivity contribution is 5.34. The van der Waals surface area contributed by atoms with E-state index in [1.807, 2.05) is 12.1 Å². The van der Waals surface area contributed by atoms with Crippen molar-refractivity contribution in [2.45, 2.75) is 63.3 Å². The summed E-state index contributed by atoms with van der Waals surface area (Å²) in [5.41, 5.74) is 1.80. The van der Waals surface area contributed by atoms with Gasteiger partial charge in [0.05, 0.1) is 5.60 Å². The van der Waals surface area contributed by atoms with Crippen molar-refractivity contribution < 1.29 is 9.50 Å². The molecule has 2 atom stereocenters. The minimum Gasteiger partial charge on any atom is -0.385 e. The summed E-state index contributed by atoms with van der Waals surface area (Å²) < 4.78 is 14.0. The van der Waals surface area contributed by atoms with Crippen LogP contribution in [0.1, 0.15) is 48.8 Å². The van der Waals surface area contributed by atoms with Crippen LogP contribution >= 0.6 is 0 Å². The van der Waals surface area contributed by atoms with E-state index in [1.54, 1.807) is 13.0 Å². The lowest BCUT2D eigenvalue weighted by molar-refractivity contribution is -0.100. The van der Waals surface area contributed by atoms with Crippen LogP contribution in [0, 0.1) is 12.7 Å². The van der Waals surface area contributed by atoms with Gasteiger partial charge in [-0.05, 0) is 55.4 Å². The second-order valence-electron chi connectivity index (χ2n) is 7.75. The molecule has 2 aliphatic rings. The Bertz CT molecular complexity index is 731. The second kappa shape index (κ2) is 6.54. The van der Waals surface area contributed by atoms with E-state index in [0.29, 0.717) is 30.5 Å². The SMILES string of the molecule is Cc1c(F)cccc1C1(O)CC2CCCC(C1)N2Cc1ccccc1. The Kier molecular flexibility index (Phi) is 4.38. The maximum absolute atomic E-state index is 14.0. The molecule has 2 fully saturated rings. The van der Waals surface area contributed by atoms with Gasteiger partial charge in [-0.2, -0.15) is 0 Å². The lowest BCUT2D eigenvalue weighted by Gasteiger charge is -2.52.